The molecule has 2 heterocycles. The van der Waals surface area contributed by atoms with Crippen LogP contribution in [0.3, 0.4) is 0 Å². The molecule has 0 fully saturated rings. The summed E-state index contributed by atoms with van der Waals surface area (Å²) in [7, 11) is 0. The number of nitrogen functional groups attached to an aromatic ring is 1. The lowest BCUT2D eigenvalue weighted by Crippen LogP contribution is -2.00. The van der Waals surface area contributed by atoms with Crippen molar-refractivity contribution in [2.45, 2.75) is 0 Å². The van der Waals surface area contributed by atoms with Gasteiger partial charge in [-0.1, -0.05) is 17.7 Å². The van der Waals surface area contributed by atoms with Crippen molar-refractivity contribution >= 4 is 28.5 Å². The van der Waals surface area contributed by atoms with Crippen LogP contribution in [0.5, 0.6) is 11.5 Å². The van der Waals surface area contributed by atoms with E-state index in [2.05, 4.69) is 9.97 Å². The Hall–Kier alpha value is -3.25. The van der Waals surface area contributed by atoms with Crippen molar-refractivity contribution in [1.29, 1.82) is 0 Å². The highest BCUT2D eigenvalue weighted by Gasteiger charge is 2.19. The summed E-state index contributed by atoms with van der Waals surface area (Å²) < 4.78 is 1.79. The zero-order chi connectivity index (χ0) is 17.6. The van der Waals surface area contributed by atoms with Gasteiger partial charge < -0.3 is 15.9 Å². The predicted molar refractivity (Wildman–Crippen MR) is 97.1 cm³/mol. The van der Waals surface area contributed by atoms with Crippen molar-refractivity contribution in [3.05, 3.63) is 59.8 Å². The molecule has 0 saturated carbocycles. The van der Waals surface area contributed by atoms with Gasteiger partial charge in [0.05, 0.1) is 16.3 Å². The molecule has 124 valence electrons. The maximum Gasteiger partial charge on any atom is 0.164 e. The van der Waals surface area contributed by atoms with E-state index >= 15 is 0 Å². The van der Waals surface area contributed by atoms with Crippen molar-refractivity contribution in [1.82, 2.24) is 14.5 Å². The molecule has 7 heteroatoms. The summed E-state index contributed by atoms with van der Waals surface area (Å²) in [6.45, 7) is 0. The number of imidazole rings is 1. The first-order valence-corrected chi connectivity index (χ1v) is 7.83. The molecule has 0 saturated heterocycles. The fourth-order valence-electron chi connectivity index (χ4n) is 2.73. The Balaban J connectivity index is 2.08. The van der Waals surface area contributed by atoms with Crippen molar-refractivity contribution in [3.63, 3.8) is 0 Å². The molecule has 0 aliphatic carbocycles. The van der Waals surface area contributed by atoms with Gasteiger partial charge in [-0.25, -0.2) is 9.97 Å². The zero-order valence-corrected chi connectivity index (χ0v) is 13.6. The van der Waals surface area contributed by atoms with Crippen LogP contribution in [-0.4, -0.2) is 24.7 Å². The first-order valence-electron chi connectivity index (χ1n) is 7.46. The van der Waals surface area contributed by atoms with Crippen LogP contribution in [-0.2, 0) is 0 Å². The molecule has 0 aliphatic rings. The van der Waals surface area contributed by atoms with Crippen LogP contribution < -0.4 is 5.73 Å². The third-order valence-electron chi connectivity index (χ3n) is 3.85. The Morgan fingerprint density at radius 1 is 1.00 bits per heavy atom. The van der Waals surface area contributed by atoms with Gasteiger partial charge in [-0.3, -0.25) is 4.57 Å². The summed E-state index contributed by atoms with van der Waals surface area (Å²) in [5.41, 5.74) is 8.91. The fraction of sp³-hybridized carbons (Fsp3) is 0. The number of rotatable bonds is 2. The smallest absolute Gasteiger partial charge is 0.164 e. The normalized spacial score (nSPS) is 11.1. The minimum absolute atomic E-state index is 0.118. The van der Waals surface area contributed by atoms with Gasteiger partial charge in [-0.2, -0.15) is 0 Å². The highest BCUT2D eigenvalue weighted by atomic mass is 35.5. The average Bonchev–Trinajstić information content (AvgIpc) is 2.97. The number of aromatic hydroxyl groups is 2. The Bertz CT molecular complexity index is 1110. The topological polar surface area (TPSA) is 97.2 Å². The van der Waals surface area contributed by atoms with E-state index in [9.17, 15) is 10.2 Å². The maximum absolute atomic E-state index is 10.3. The molecule has 0 aliphatic heterocycles. The number of phenols is 2. The molecule has 4 rings (SSSR count). The number of hydrogen-bond donors (Lipinski definition) is 3. The second-order valence-electron chi connectivity index (χ2n) is 5.53. The molecule has 4 aromatic rings. The monoisotopic (exact) mass is 352 g/mol. The minimum Gasteiger partial charge on any atom is -0.507 e. The van der Waals surface area contributed by atoms with Gasteiger partial charge in [-0.05, 0) is 36.4 Å². The Kier molecular flexibility index (Phi) is 3.47. The van der Waals surface area contributed by atoms with Gasteiger partial charge in [-0.15, -0.1) is 0 Å². The molecular formula is C18H13ClN4O2. The second kappa shape index (κ2) is 5.68. The van der Waals surface area contributed by atoms with Crippen LogP contribution in [0.25, 0.3) is 28.2 Å². The first-order chi connectivity index (χ1) is 12.0. The molecular weight excluding hydrogens is 340 g/mol. The summed E-state index contributed by atoms with van der Waals surface area (Å²) in [6, 6.07) is 13.5. The van der Waals surface area contributed by atoms with Crippen molar-refractivity contribution in [2.75, 3.05) is 5.73 Å². The lowest BCUT2D eigenvalue weighted by Gasteiger charge is -2.11. The molecule has 0 atom stereocenters. The SMILES string of the molecule is Nc1cccc(-n2c(-c3cc(Cl)c(O)cc3O)nc3cccnc32)c1. The van der Waals surface area contributed by atoms with E-state index < -0.39 is 0 Å². The number of aromatic nitrogens is 3. The van der Waals surface area contributed by atoms with Crippen LogP contribution in [0, 0.1) is 0 Å². The minimum atomic E-state index is -0.201. The van der Waals surface area contributed by atoms with Crippen LogP contribution in [0.4, 0.5) is 5.69 Å². The van der Waals surface area contributed by atoms with Gasteiger partial charge in [0, 0.05) is 18.0 Å². The lowest BCUT2D eigenvalue weighted by atomic mass is 10.1. The number of nitrogens with two attached hydrogens (primary N) is 1. The molecule has 0 radical (unpaired) electrons. The number of halogens is 1. The quantitative estimate of drug-likeness (QED) is 0.477. The third kappa shape index (κ3) is 2.53. The van der Waals surface area contributed by atoms with Gasteiger partial charge >= 0.3 is 0 Å². The van der Waals surface area contributed by atoms with Crippen LogP contribution in [0.1, 0.15) is 0 Å². The fourth-order valence-corrected chi connectivity index (χ4v) is 2.90. The third-order valence-corrected chi connectivity index (χ3v) is 4.15. The number of phenolic OH excluding ortho intramolecular Hbond substituents is 2. The van der Waals surface area contributed by atoms with E-state index in [0.717, 1.165) is 5.69 Å². The molecule has 0 spiro atoms. The van der Waals surface area contributed by atoms with Gasteiger partial charge in [0.1, 0.15) is 17.0 Å². The van der Waals surface area contributed by atoms with E-state index in [0.29, 0.717) is 28.2 Å². The number of pyridine rings is 1. The molecule has 2 aromatic heterocycles. The van der Waals surface area contributed by atoms with Crippen molar-refractivity contribution in [3.8, 4) is 28.6 Å². The first kappa shape index (κ1) is 15.3. The van der Waals surface area contributed by atoms with E-state index in [-0.39, 0.29) is 16.5 Å². The second-order valence-corrected chi connectivity index (χ2v) is 5.94. The molecule has 2 aromatic carbocycles. The zero-order valence-electron chi connectivity index (χ0n) is 12.9. The number of hydrogen-bond acceptors (Lipinski definition) is 5. The highest BCUT2D eigenvalue weighted by Crippen LogP contribution is 2.38. The maximum atomic E-state index is 10.3. The largest absolute Gasteiger partial charge is 0.507 e. The molecule has 0 bridgehead atoms. The van der Waals surface area contributed by atoms with Gasteiger partial charge in [0.2, 0.25) is 0 Å². The molecule has 4 N–H and O–H groups in total. The summed E-state index contributed by atoms with van der Waals surface area (Å²) in [5.74, 6) is 0.105. The van der Waals surface area contributed by atoms with E-state index in [1.165, 1.54) is 12.1 Å². The van der Waals surface area contributed by atoms with E-state index in [1.807, 2.05) is 18.2 Å². The van der Waals surface area contributed by atoms with E-state index in [1.54, 1.807) is 29.0 Å². The highest BCUT2D eigenvalue weighted by molar-refractivity contribution is 6.32. The van der Waals surface area contributed by atoms with Crippen LogP contribution in [0.15, 0.2) is 54.7 Å². The Morgan fingerprint density at radius 3 is 2.64 bits per heavy atom. The standard InChI is InChI=1S/C18H13ClN4O2/c19-13-8-12(15(24)9-16(13)25)17-22-14-5-2-6-21-18(14)23(17)11-4-1-3-10(20)7-11/h1-9,24-25H,20H2. The van der Waals surface area contributed by atoms with Crippen LogP contribution >= 0.6 is 11.6 Å². The average molecular weight is 353 g/mol. The van der Waals surface area contributed by atoms with E-state index in [4.69, 9.17) is 17.3 Å². The van der Waals surface area contributed by atoms with Gasteiger partial charge in [0.25, 0.3) is 0 Å². The number of benzene rings is 2. The van der Waals surface area contributed by atoms with Crippen LogP contribution in [0.2, 0.25) is 5.02 Å². The number of fused-ring (bicyclic) bond motifs is 1. The number of anilines is 1. The molecule has 6 nitrogen and oxygen atoms in total. The number of nitrogens with zero attached hydrogens (tertiary/aromatic N) is 3. The lowest BCUT2D eigenvalue weighted by molar-refractivity contribution is 0.451. The molecule has 25 heavy (non-hydrogen) atoms. The van der Waals surface area contributed by atoms with Crippen molar-refractivity contribution < 1.29 is 10.2 Å². The van der Waals surface area contributed by atoms with Crippen molar-refractivity contribution in [2.24, 2.45) is 0 Å². The summed E-state index contributed by atoms with van der Waals surface area (Å²) in [5, 5.41) is 20.1. The Morgan fingerprint density at radius 2 is 1.84 bits per heavy atom. The summed E-state index contributed by atoms with van der Waals surface area (Å²) in [4.78, 5) is 8.98. The summed E-state index contributed by atoms with van der Waals surface area (Å²) >= 11 is 6.02. The molecule has 0 unspecified atom stereocenters. The predicted octanol–water partition coefficient (Wildman–Crippen LogP) is 3.73. The van der Waals surface area contributed by atoms with Gasteiger partial charge in [0.15, 0.2) is 11.5 Å². The summed E-state index contributed by atoms with van der Waals surface area (Å²) in [6.07, 6.45) is 1.67. The molecule has 0 amide bonds. The Labute approximate surface area is 147 Å².